The summed E-state index contributed by atoms with van der Waals surface area (Å²) in [6.07, 6.45) is 7.20. The van der Waals surface area contributed by atoms with Gasteiger partial charge < -0.3 is 10.5 Å². The predicted molar refractivity (Wildman–Crippen MR) is 109 cm³/mol. The van der Waals surface area contributed by atoms with Crippen molar-refractivity contribution in [1.29, 1.82) is 0 Å². The molecule has 1 saturated heterocycles. The van der Waals surface area contributed by atoms with E-state index in [9.17, 15) is 0 Å². The van der Waals surface area contributed by atoms with Gasteiger partial charge in [-0.2, -0.15) is 4.98 Å². The fraction of sp³-hybridized carbons (Fsp3) is 0.476. The lowest BCUT2D eigenvalue weighted by atomic mass is 10.0. The summed E-state index contributed by atoms with van der Waals surface area (Å²) in [7, 11) is 0. The highest BCUT2D eigenvalue weighted by Crippen LogP contribution is 2.21. The second kappa shape index (κ2) is 8.56. The van der Waals surface area contributed by atoms with Gasteiger partial charge in [-0.25, -0.2) is 9.50 Å². The number of nitrogen functional groups attached to an aromatic ring is 1. The number of fused-ring (bicyclic) bond motifs is 1. The average molecular weight is 380 g/mol. The summed E-state index contributed by atoms with van der Waals surface area (Å²) < 4.78 is 7.44. The molecule has 1 aromatic carbocycles. The summed E-state index contributed by atoms with van der Waals surface area (Å²) in [5, 5.41) is 4.53. The molecule has 3 aromatic rings. The summed E-state index contributed by atoms with van der Waals surface area (Å²) in [6, 6.07) is 8.92. The number of benzene rings is 1. The molecule has 2 N–H and O–H groups in total. The van der Waals surface area contributed by atoms with Gasteiger partial charge in [-0.3, -0.25) is 4.90 Å². The minimum absolute atomic E-state index is 0.308. The number of rotatable bonds is 8. The highest BCUT2D eigenvalue weighted by molar-refractivity contribution is 5.59. The van der Waals surface area contributed by atoms with Gasteiger partial charge in [0.1, 0.15) is 0 Å². The molecule has 0 radical (unpaired) electrons. The van der Waals surface area contributed by atoms with Crippen molar-refractivity contribution in [2.24, 2.45) is 0 Å². The number of imidazole rings is 1. The summed E-state index contributed by atoms with van der Waals surface area (Å²) >= 11 is 0. The van der Waals surface area contributed by atoms with Crippen molar-refractivity contribution in [3.8, 4) is 6.01 Å². The van der Waals surface area contributed by atoms with E-state index in [0.717, 1.165) is 31.5 Å². The number of aromatic nitrogens is 4. The third-order valence-corrected chi connectivity index (χ3v) is 5.25. The molecule has 7 nitrogen and oxygen atoms in total. The number of hydrogen-bond acceptors (Lipinski definition) is 6. The van der Waals surface area contributed by atoms with Crippen molar-refractivity contribution in [2.75, 3.05) is 25.4 Å². The van der Waals surface area contributed by atoms with Crippen LogP contribution in [0.3, 0.4) is 0 Å². The molecule has 0 amide bonds. The molecule has 3 heterocycles. The summed E-state index contributed by atoms with van der Waals surface area (Å²) in [4.78, 5) is 11.2. The summed E-state index contributed by atoms with van der Waals surface area (Å²) in [5.74, 6) is 0.345. The van der Waals surface area contributed by atoms with Crippen molar-refractivity contribution in [3.05, 3.63) is 47.3 Å². The molecular weight excluding hydrogens is 352 g/mol. The Bertz CT molecular complexity index is 932. The maximum atomic E-state index is 6.09. The Labute approximate surface area is 165 Å². The molecule has 1 aliphatic rings. The fourth-order valence-corrected chi connectivity index (χ4v) is 3.68. The van der Waals surface area contributed by atoms with Gasteiger partial charge in [-0.1, -0.05) is 37.6 Å². The van der Waals surface area contributed by atoms with E-state index >= 15 is 0 Å². The average Bonchev–Trinajstić information content (AvgIpc) is 3.34. The standard InChI is InChI=1S/C21H28N6O/c1-2-3-12-28-21-24-19(22)20-23-14-18(27(20)25-21)13-16-8-4-5-9-17(16)15-26-10-6-7-11-26/h4-5,8-9,14H,2-3,6-7,10-13,15H2,1H3,(H2,22,24,25). The minimum Gasteiger partial charge on any atom is -0.462 e. The van der Waals surface area contributed by atoms with Crippen LogP contribution in [0, 0.1) is 0 Å². The van der Waals surface area contributed by atoms with Crippen molar-refractivity contribution in [2.45, 2.75) is 45.6 Å². The molecule has 2 aromatic heterocycles. The van der Waals surface area contributed by atoms with E-state index in [2.05, 4.69) is 51.2 Å². The normalized spacial score (nSPS) is 14.8. The zero-order valence-electron chi connectivity index (χ0n) is 16.5. The lowest BCUT2D eigenvalue weighted by Gasteiger charge is -2.17. The number of likely N-dealkylation sites (tertiary alicyclic amines) is 1. The number of nitrogens with zero attached hydrogens (tertiary/aromatic N) is 5. The van der Waals surface area contributed by atoms with Crippen LogP contribution >= 0.6 is 0 Å². The maximum absolute atomic E-state index is 6.09. The van der Waals surface area contributed by atoms with Crippen LogP contribution in [-0.4, -0.2) is 44.2 Å². The molecule has 28 heavy (non-hydrogen) atoms. The number of nitrogens with two attached hydrogens (primary N) is 1. The van der Waals surface area contributed by atoms with Crippen LogP contribution in [0.15, 0.2) is 30.5 Å². The number of hydrogen-bond donors (Lipinski definition) is 1. The van der Waals surface area contributed by atoms with E-state index in [0.29, 0.717) is 24.1 Å². The Morgan fingerprint density at radius 1 is 1.14 bits per heavy atom. The van der Waals surface area contributed by atoms with E-state index in [4.69, 9.17) is 10.5 Å². The van der Waals surface area contributed by atoms with Crippen molar-refractivity contribution < 1.29 is 4.74 Å². The first-order valence-electron chi connectivity index (χ1n) is 10.2. The molecule has 0 spiro atoms. The van der Waals surface area contributed by atoms with Crippen molar-refractivity contribution >= 4 is 11.5 Å². The Morgan fingerprint density at radius 3 is 2.71 bits per heavy atom. The predicted octanol–water partition coefficient (Wildman–Crippen LogP) is 3.07. The van der Waals surface area contributed by atoms with Crippen LogP contribution in [0.4, 0.5) is 5.82 Å². The summed E-state index contributed by atoms with van der Waals surface area (Å²) in [5.41, 5.74) is 10.3. The van der Waals surface area contributed by atoms with Crippen LogP contribution in [0.5, 0.6) is 6.01 Å². The Kier molecular flexibility index (Phi) is 5.71. The SMILES string of the molecule is CCCCOc1nc(N)c2ncc(Cc3ccccc3CN3CCCC3)n2n1. The van der Waals surface area contributed by atoms with Gasteiger partial charge in [0.05, 0.1) is 18.5 Å². The van der Waals surface area contributed by atoms with Crippen LogP contribution in [0.1, 0.15) is 49.4 Å². The van der Waals surface area contributed by atoms with Gasteiger partial charge >= 0.3 is 6.01 Å². The Morgan fingerprint density at radius 2 is 1.93 bits per heavy atom. The molecule has 0 saturated carbocycles. The van der Waals surface area contributed by atoms with Crippen molar-refractivity contribution in [3.63, 3.8) is 0 Å². The largest absolute Gasteiger partial charge is 0.462 e. The van der Waals surface area contributed by atoms with E-state index in [1.165, 1.54) is 37.1 Å². The topological polar surface area (TPSA) is 81.6 Å². The monoisotopic (exact) mass is 380 g/mol. The van der Waals surface area contributed by atoms with Gasteiger partial charge in [-0.15, -0.1) is 5.10 Å². The third kappa shape index (κ3) is 4.09. The molecule has 148 valence electrons. The van der Waals surface area contributed by atoms with Crippen LogP contribution < -0.4 is 10.5 Å². The highest BCUT2D eigenvalue weighted by Gasteiger charge is 2.16. The zero-order valence-corrected chi connectivity index (χ0v) is 16.5. The second-order valence-corrected chi connectivity index (χ2v) is 7.40. The van der Waals surface area contributed by atoms with Gasteiger partial charge in [0.2, 0.25) is 0 Å². The van der Waals surface area contributed by atoms with E-state index < -0.39 is 0 Å². The molecule has 0 atom stereocenters. The van der Waals surface area contributed by atoms with E-state index in [1.807, 2.05) is 6.20 Å². The Hall–Kier alpha value is -2.67. The zero-order chi connectivity index (χ0) is 19.3. The lowest BCUT2D eigenvalue weighted by molar-refractivity contribution is 0.280. The van der Waals surface area contributed by atoms with Crippen LogP contribution in [0.2, 0.25) is 0 Å². The number of ether oxygens (including phenoxy) is 1. The maximum Gasteiger partial charge on any atom is 0.336 e. The first kappa shape index (κ1) is 18.7. The molecule has 0 bridgehead atoms. The quantitative estimate of drug-likeness (QED) is 0.605. The number of unbranched alkanes of at least 4 members (excludes halogenated alkanes) is 1. The molecule has 0 unspecified atom stereocenters. The number of anilines is 1. The summed E-state index contributed by atoms with van der Waals surface area (Å²) in [6.45, 7) is 6.08. The fourth-order valence-electron chi connectivity index (χ4n) is 3.68. The minimum atomic E-state index is 0.308. The first-order valence-corrected chi connectivity index (χ1v) is 10.2. The first-order chi connectivity index (χ1) is 13.7. The van der Waals surface area contributed by atoms with Crippen molar-refractivity contribution in [1.82, 2.24) is 24.5 Å². The lowest BCUT2D eigenvalue weighted by Crippen LogP contribution is -2.19. The smallest absolute Gasteiger partial charge is 0.336 e. The molecule has 7 heteroatoms. The van der Waals surface area contributed by atoms with Crippen LogP contribution in [-0.2, 0) is 13.0 Å². The second-order valence-electron chi connectivity index (χ2n) is 7.40. The third-order valence-electron chi connectivity index (χ3n) is 5.25. The van der Waals surface area contributed by atoms with Gasteiger partial charge in [0, 0.05) is 13.0 Å². The molecule has 1 fully saturated rings. The molecule has 1 aliphatic heterocycles. The molecule has 0 aliphatic carbocycles. The van der Waals surface area contributed by atoms with Crippen LogP contribution in [0.25, 0.3) is 5.65 Å². The van der Waals surface area contributed by atoms with Gasteiger partial charge in [0.25, 0.3) is 0 Å². The van der Waals surface area contributed by atoms with E-state index in [-0.39, 0.29) is 0 Å². The van der Waals surface area contributed by atoms with E-state index in [1.54, 1.807) is 4.52 Å². The van der Waals surface area contributed by atoms with Gasteiger partial charge in [0.15, 0.2) is 11.5 Å². The van der Waals surface area contributed by atoms with Gasteiger partial charge in [-0.05, 0) is 43.5 Å². The highest BCUT2D eigenvalue weighted by atomic mass is 16.5. The Balaban J connectivity index is 1.59. The molecule has 4 rings (SSSR count). The molecular formula is C21H28N6O.